The molecule has 1 saturated heterocycles. The van der Waals surface area contributed by atoms with Gasteiger partial charge in [-0.2, -0.15) is 4.98 Å². The number of anilines is 5. The highest BCUT2D eigenvalue weighted by Crippen LogP contribution is 2.41. The van der Waals surface area contributed by atoms with Crippen molar-refractivity contribution in [3.63, 3.8) is 0 Å². The number of para-hydroxylation sites is 1. The van der Waals surface area contributed by atoms with E-state index in [1.54, 1.807) is 30.3 Å². The van der Waals surface area contributed by atoms with E-state index in [0.717, 1.165) is 43.0 Å². The minimum absolute atomic E-state index is 0.201. The number of aromatic nitrogens is 2. The monoisotopic (exact) mass is 556 g/mol. The summed E-state index contributed by atoms with van der Waals surface area (Å²) in [5.41, 5.74) is 4.24. The topological polar surface area (TPSA) is 88.2 Å². The molecule has 3 aliphatic heterocycles. The van der Waals surface area contributed by atoms with Crippen LogP contribution in [0.3, 0.4) is 0 Å². The maximum Gasteiger partial charge on any atom is 0.326 e. The molecule has 10 nitrogen and oxygen atoms in total. The molecule has 41 heavy (non-hydrogen) atoms. The Morgan fingerprint density at radius 1 is 1.02 bits per heavy atom. The summed E-state index contributed by atoms with van der Waals surface area (Å²) < 4.78 is 13.7. The Bertz CT molecular complexity index is 1490. The molecule has 212 valence electrons. The second-order valence-electron chi connectivity index (χ2n) is 10.7. The molecule has 11 heteroatoms. The van der Waals surface area contributed by atoms with E-state index in [2.05, 4.69) is 50.8 Å². The van der Waals surface area contributed by atoms with Crippen LogP contribution in [0.4, 0.5) is 38.0 Å². The number of piperazine rings is 1. The van der Waals surface area contributed by atoms with Gasteiger partial charge in [-0.15, -0.1) is 0 Å². The average molecular weight is 557 g/mol. The van der Waals surface area contributed by atoms with Gasteiger partial charge in [-0.25, -0.2) is 14.2 Å². The Hall–Kier alpha value is -4.51. The summed E-state index contributed by atoms with van der Waals surface area (Å²) in [4.78, 5) is 44.6. The zero-order valence-corrected chi connectivity index (χ0v) is 23.3. The van der Waals surface area contributed by atoms with Crippen molar-refractivity contribution in [1.29, 1.82) is 0 Å². The van der Waals surface area contributed by atoms with Gasteiger partial charge in [0.05, 0.1) is 12.6 Å². The first-order valence-electron chi connectivity index (χ1n) is 13.8. The predicted molar refractivity (Wildman–Crippen MR) is 157 cm³/mol. The standard InChI is InChI=1S/C30H33FN8O2/c1-20(31)28(40)38-13-12-26(24-6-4-5-7-25(24)38)39-19-21-18-32-29(34-27(21)36(3)30(39)41)33-22-8-10-23(11-9-22)37-16-14-35(2)15-17-37/h4-11,18,26H,1,12-17,19H2,2-3H3,(H,32,33,34). The van der Waals surface area contributed by atoms with Crippen LogP contribution >= 0.6 is 0 Å². The summed E-state index contributed by atoms with van der Waals surface area (Å²) >= 11 is 0. The molecule has 3 aromatic rings. The number of nitrogens with zero attached hydrogens (tertiary/aromatic N) is 7. The van der Waals surface area contributed by atoms with E-state index in [1.807, 2.05) is 24.3 Å². The lowest BCUT2D eigenvalue weighted by Crippen LogP contribution is -2.49. The zero-order valence-electron chi connectivity index (χ0n) is 23.3. The summed E-state index contributed by atoms with van der Waals surface area (Å²) in [6.07, 6.45) is 2.21. The Morgan fingerprint density at radius 2 is 1.76 bits per heavy atom. The SMILES string of the molecule is C=C(F)C(=O)N1CCC(N2Cc3cnc(Nc4ccc(N5CCN(C)CC5)cc4)nc3N(C)C2=O)c2ccccc21. The van der Waals surface area contributed by atoms with Crippen LogP contribution in [-0.4, -0.2) is 78.5 Å². The second kappa shape index (κ2) is 10.8. The Labute approximate surface area is 238 Å². The summed E-state index contributed by atoms with van der Waals surface area (Å²) in [6, 6.07) is 15.0. The highest BCUT2D eigenvalue weighted by atomic mass is 19.1. The fourth-order valence-corrected chi connectivity index (χ4v) is 5.81. The number of amides is 3. The van der Waals surface area contributed by atoms with Crippen LogP contribution in [0.1, 0.15) is 23.6 Å². The third-order valence-corrected chi connectivity index (χ3v) is 8.09. The van der Waals surface area contributed by atoms with Crippen LogP contribution in [0.2, 0.25) is 0 Å². The van der Waals surface area contributed by atoms with E-state index in [0.29, 0.717) is 30.4 Å². The van der Waals surface area contributed by atoms with Crippen LogP contribution in [-0.2, 0) is 11.3 Å². The molecule has 0 radical (unpaired) electrons. The van der Waals surface area contributed by atoms with Crippen molar-refractivity contribution in [1.82, 2.24) is 19.8 Å². The van der Waals surface area contributed by atoms with Gasteiger partial charge < -0.3 is 24.9 Å². The van der Waals surface area contributed by atoms with Gasteiger partial charge in [-0.05, 0) is 49.4 Å². The predicted octanol–water partition coefficient (Wildman–Crippen LogP) is 4.31. The zero-order chi connectivity index (χ0) is 28.7. The maximum atomic E-state index is 13.7. The van der Waals surface area contributed by atoms with E-state index in [4.69, 9.17) is 0 Å². The molecule has 1 fully saturated rings. The first-order chi connectivity index (χ1) is 19.8. The number of benzene rings is 2. The van der Waals surface area contributed by atoms with E-state index in [9.17, 15) is 14.0 Å². The first-order valence-corrected chi connectivity index (χ1v) is 13.8. The molecule has 6 rings (SSSR count). The minimum atomic E-state index is -1.01. The van der Waals surface area contributed by atoms with Crippen molar-refractivity contribution in [2.45, 2.75) is 19.0 Å². The minimum Gasteiger partial charge on any atom is -0.369 e. The number of hydrogen-bond acceptors (Lipinski definition) is 7. The molecule has 1 atom stereocenters. The fraction of sp³-hybridized carbons (Fsp3) is 0.333. The van der Waals surface area contributed by atoms with Gasteiger partial charge in [0, 0.05) is 68.6 Å². The van der Waals surface area contributed by atoms with Crippen LogP contribution in [0.5, 0.6) is 0 Å². The van der Waals surface area contributed by atoms with E-state index in [-0.39, 0.29) is 18.6 Å². The number of rotatable bonds is 5. The summed E-state index contributed by atoms with van der Waals surface area (Å²) in [7, 11) is 3.84. The van der Waals surface area contributed by atoms with Gasteiger partial charge in [0.1, 0.15) is 5.82 Å². The average Bonchev–Trinajstić information content (AvgIpc) is 2.99. The quantitative estimate of drug-likeness (QED) is 0.469. The molecule has 1 aromatic heterocycles. The molecule has 0 saturated carbocycles. The molecule has 3 amide bonds. The Balaban J connectivity index is 1.19. The van der Waals surface area contributed by atoms with Gasteiger partial charge in [-0.3, -0.25) is 9.69 Å². The lowest BCUT2D eigenvalue weighted by atomic mass is 9.94. The molecular formula is C30H33FN8O2. The lowest BCUT2D eigenvalue weighted by Gasteiger charge is -2.43. The highest BCUT2D eigenvalue weighted by Gasteiger charge is 2.39. The van der Waals surface area contributed by atoms with Crippen molar-refractivity contribution < 1.29 is 14.0 Å². The summed E-state index contributed by atoms with van der Waals surface area (Å²) in [6.45, 7) is 7.87. The fourth-order valence-electron chi connectivity index (χ4n) is 5.81. The number of hydrogen-bond donors (Lipinski definition) is 1. The Kier molecular flexibility index (Phi) is 7.04. The summed E-state index contributed by atoms with van der Waals surface area (Å²) in [5.74, 6) is -0.806. The highest BCUT2D eigenvalue weighted by molar-refractivity contribution is 6.04. The smallest absolute Gasteiger partial charge is 0.326 e. The first kappa shape index (κ1) is 26.7. The molecule has 3 aliphatic rings. The van der Waals surface area contributed by atoms with Crippen molar-refractivity contribution in [2.24, 2.45) is 0 Å². The van der Waals surface area contributed by atoms with Crippen molar-refractivity contribution in [3.05, 3.63) is 78.3 Å². The van der Waals surface area contributed by atoms with Crippen molar-refractivity contribution in [2.75, 3.05) is 66.8 Å². The normalized spacial score (nSPS) is 19.1. The van der Waals surface area contributed by atoms with Crippen LogP contribution in [0.25, 0.3) is 0 Å². The molecule has 2 aromatic carbocycles. The van der Waals surface area contributed by atoms with Gasteiger partial charge in [0.15, 0.2) is 5.83 Å². The van der Waals surface area contributed by atoms with Gasteiger partial charge in [0.2, 0.25) is 5.95 Å². The summed E-state index contributed by atoms with van der Waals surface area (Å²) in [5, 5.41) is 3.26. The molecule has 0 bridgehead atoms. The van der Waals surface area contributed by atoms with Gasteiger partial charge in [-0.1, -0.05) is 24.8 Å². The Morgan fingerprint density at radius 3 is 2.49 bits per heavy atom. The number of carbonyl (C=O) groups excluding carboxylic acids is 2. The largest absolute Gasteiger partial charge is 0.369 e. The van der Waals surface area contributed by atoms with Gasteiger partial charge in [0.25, 0.3) is 5.91 Å². The lowest BCUT2D eigenvalue weighted by molar-refractivity contribution is -0.116. The van der Waals surface area contributed by atoms with Crippen LogP contribution < -0.4 is 20.0 Å². The van der Waals surface area contributed by atoms with E-state index >= 15 is 0 Å². The molecular weight excluding hydrogens is 523 g/mol. The number of carbonyl (C=O) groups is 2. The second-order valence-corrected chi connectivity index (χ2v) is 10.7. The molecule has 1 unspecified atom stereocenters. The van der Waals surface area contributed by atoms with Gasteiger partial charge >= 0.3 is 6.03 Å². The third kappa shape index (κ3) is 5.08. The molecule has 0 aliphatic carbocycles. The maximum absolute atomic E-state index is 13.7. The molecule has 1 N–H and O–H groups in total. The van der Waals surface area contributed by atoms with Crippen LogP contribution in [0, 0.1) is 0 Å². The van der Waals surface area contributed by atoms with Crippen molar-refractivity contribution in [3.8, 4) is 0 Å². The number of urea groups is 1. The number of fused-ring (bicyclic) bond motifs is 2. The number of halogens is 1. The van der Waals surface area contributed by atoms with Crippen LogP contribution in [0.15, 0.2) is 67.1 Å². The number of nitrogens with one attached hydrogen (secondary N) is 1. The molecule has 0 spiro atoms. The van der Waals surface area contributed by atoms with Crippen molar-refractivity contribution >= 4 is 40.8 Å². The molecule has 4 heterocycles. The van der Waals surface area contributed by atoms with E-state index in [1.165, 1.54) is 15.5 Å². The van der Waals surface area contributed by atoms with E-state index < -0.39 is 11.7 Å². The third-order valence-electron chi connectivity index (χ3n) is 8.09. The number of likely N-dealkylation sites (N-methyl/N-ethyl adjacent to an activating group) is 1.